The highest BCUT2D eigenvalue weighted by Gasteiger charge is 2.10. The molecule has 7 heteroatoms. The number of H-pyrrole nitrogens is 1. The van der Waals surface area contributed by atoms with E-state index in [1.165, 1.54) is 0 Å². The summed E-state index contributed by atoms with van der Waals surface area (Å²) in [6.45, 7) is 5.71. The van der Waals surface area contributed by atoms with Gasteiger partial charge < -0.3 is 0 Å². The Balaban J connectivity index is 1.79. The van der Waals surface area contributed by atoms with E-state index in [1.54, 1.807) is 19.1 Å². The number of nitrogens with zero attached hydrogens (tertiary/aromatic N) is 4. The lowest BCUT2D eigenvalue weighted by Crippen LogP contribution is -2.13. The zero-order valence-electron chi connectivity index (χ0n) is 12.6. The van der Waals surface area contributed by atoms with Crippen LogP contribution in [0.1, 0.15) is 27.6 Å². The summed E-state index contributed by atoms with van der Waals surface area (Å²) in [4.78, 5) is 16.2. The molecule has 2 N–H and O–H groups in total. The first-order chi connectivity index (χ1) is 10.5. The minimum Gasteiger partial charge on any atom is -0.289 e. The average molecular weight is 296 g/mol. The Labute approximate surface area is 127 Å². The molecule has 22 heavy (non-hydrogen) atoms. The number of benzene rings is 1. The van der Waals surface area contributed by atoms with Gasteiger partial charge in [0, 0.05) is 11.3 Å². The molecule has 0 spiro atoms. The topological polar surface area (TPSA) is 88.5 Å². The number of amides is 1. The molecule has 0 atom stereocenters. The van der Waals surface area contributed by atoms with E-state index in [2.05, 4.69) is 25.6 Å². The Morgan fingerprint density at radius 1 is 1.18 bits per heavy atom. The maximum absolute atomic E-state index is 12.1. The molecule has 0 unspecified atom stereocenters. The molecule has 0 bridgehead atoms. The zero-order valence-corrected chi connectivity index (χ0v) is 12.6. The number of hydrogen-bond donors (Lipinski definition) is 2. The molecule has 112 valence electrons. The van der Waals surface area contributed by atoms with Gasteiger partial charge in [-0.3, -0.25) is 15.2 Å². The molecule has 7 nitrogen and oxygen atoms in total. The van der Waals surface area contributed by atoms with Crippen LogP contribution in [-0.2, 0) is 0 Å². The van der Waals surface area contributed by atoms with Gasteiger partial charge in [-0.15, -0.1) is 5.10 Å². The Hall–Kier alpha value is -2.96. The van der Waals surface area contributed by atoms with Crippen molar-refractivity contribution in [3.05, 3.63) is 53.1 Å². The molecule has 2 aromatic heterocycles. The fourth-order valence-electron chi connectivity index (χ4n) is 2.22. The summed E-state index contributed by atoms with van der Waals surface area (Å²) in [5.74, 6) is 0.666. The Morgan fingerprint density at radius 3 is 2.45 bits per heavy atom. The van der Waals surface area contributed by atoms with Crippen molar-refractivity contribution in [2.45, 2.75) is 20.8 Å². The first-order valence-electron chi connectivity index (χ1n) is 6.87. The van der Waals surface area contributed by atoms with Gasteiger partial charge in [0.25, 0.3) is 5.91 Å². The second-order valence-corrected chi connectivity index (χ2v) is 5.08. The number of hydrogen-bond acceptors (Lipinski definition) is 4. The van der Waals surface area contributed by atoms with E-state index in [0.29, 0.717) is 11.4 Å². The lowest BCUT2D eigenvalue weighted by molar-refractivity contribution is 0.102. The van der Waals surface area contributed by atoms with Crippen LogP contribution < -0.4 is 5.32 Å². The number of nitrogens with one attached hydrogen (secondary N) is 2. The Morgan fingerprint density at radius 2 is 1.91 bits per heavy atom. The van der Waals surface area contributed by atoms with Gasteiger partial charge in [0.2, 0.25) is 5.95 Å². The fourth-order valence-corrected chi connectivity index (χ4v) is 2.22. The van der Waals surface area contributed by atoms with Crippen LogP contribution in [0.15, 0.2) is 30.3 Å². The molecule has 3 aromatic rings. The van der Waals surface area contributed by atoms with Crippen molar-refractivity contribution >= 4 is 11.9 Å². The first kappa shape index (κ1) is 14.0. The minimum atomic E-state index is -0.251. The van der Waals surface area contributed by atoms with Crippen LogP contribution in [0.2, 0.25) is 0 Å². The second kappa shape index (κ2) is 5.44. The molecular weight excluding hydrogens is 280 g/mol. The van der Waals surface area contributed by atoms with E-state index >= 15 is 0 Å². The summed E-state index contributed by atoms with van der Waals surface area (Å²) in [5.41, 5.74) is 3.45. The van der Waals surface area contributed by atoms with Gasteiger partial charge in [-0.05, 0) is 51.1 Å². The van der Waals surface area contributed by atoms with Crippen molar-refractivity contribution in [2.75, 3.05) is 5.32 Å². The van der Waals surface area contributed by atoms with Crippen LogP contribution in [0.3, 0.4) is 0 Å². The van der Waals surface area contributed by atoms with Gasteiger partial charge in [-0.1, -0.05) is 0 Å². The zero-order chi connectivity index (χ0) is 15.7. The van der Waals surface area contributed by atoms with Gasteiger partial charge in [0.1, 0.15) is 5.82 Å². The van der Waals surface area contributed by atoms with Crippen LogP contribution in [0.5, 0.6) is 0 Å². The van der Waals surface area contributed by atoms with E-state index < -0.39 is 0 Å². The number of anilines is 1. The number of aromatic amines is 1. The average Bonchev–Trinajstić information content (AvgIpc) is 3.04. The van der Waals surface area contributed by atoms with Gasteiger partial charge in [-0.25, -0.2) is 4.68 Å². The van der Waals surface area contributed by atoms with Crippen molar-refractivity contribution in [1.82, 2.24) is 25.0 Å². The normalized spacial score (nSPS) is 10.7. The maximum atomic E-state index is 12.1. The van der Waals surface area contributed by atoms with Crippen molar-refractivity contribution < 1.29 is 4.79 Å². The Kier molecular flexibility index (Phi) is 3.46. The molecule has 0 aliphatic carbocycles. The maximum Gasteiger partial charge on any atom is 0.258 e. The highest BCUT2D eigenvalue weighted by Crippen LogP contribution is 2.13. The summed E-state index contributed by atoms with van der Waals surface area (Å²) in [5, 5.41) is 13.6. The fraction of sp³-hybridized carbons (Fsp3) is 0.200. The highest BCUT2D eigenvalue weighted by molar-refractivity contribution is 6.03. The second-order valence-electron chi connectivity index (χ2n) is 5.08. The van der Waals surface area contributed by atoms with Crippen molar-refractivity contribution in [1.29, 1.82) is 0 Å². The highest BCUT2D eigenvalue weighted by atomic mass is 16.1. The smallest absolute Gasteiger partial charge is 0.258 e. The standard InChI is InChI=1S/C15H16N6O/c1-9-8-10(2)21(20-9)13-6-4-12(5-7-13)14(22)17-15-16-11(3)18-19-15/h4-8H,1-3H3,(H2,16,17,18,19,22). The van der Waals surface area contributed by atoms with Gasteiger partial charge in [0.15, 0.2) is 0 Å². The quantitative estimate of drug-likeness (QED) is 0.775. The predicted octanol–water partition coefficient (Wildman–Crippen LogP) is 2.17. The lowest BCUT2D eigenvalue weighted by atomic mass is 10.2. The summed E-state index contributed by atoms with van der Waals surface area (Å²) in [6.07, 6.45) is 0. The number of rotatable bonds is 3. The van der Waals surface area contributed by atoms with Crippen LogP contribution in [0.25, 0.3) is 5.69 Å². The Bertz CT molecular complexity index is 815. The minimum absolute atomic E-state index is 0.251. The van der Waals surface area contributed by atoms with Gasteiger partial charge in [-0.2, -0.15) is 10.1 Å². The van der Waals surface area contributed by atoms with Gasteiger partial charge in [0.05, 0.1) is 11.4 Å². The molecular formula is C15H16N6O. The largest absolute Gasteiger partial charge is 0.289 e. The van der Waals surface area contributed by atoms with E-state index in [4.69, 9.17) is 0 Å². The third-order valence-corrected chi connectivity index (χ3v) is 3.21. The van der Waals surface area contributed by atoms with Crippen LogP contribution in [0.4, 0.5) is 5.95 Å². The van der Waals surface area contributed by atoms with Crippen molar-refractivity contribution in [3.8, 4) is 5.69 Å². The number of carbonyl (C=O) groups is 1. The summed E-state index contributed by atoms with van der Waals surface area (Å²) >= 11 is 0. The predicted molar refractivity (Wildman–Crippen MR) is 82.1 cm³/mol. The first-order valence-corrected chi connectivity index (χ1v) is 6.87. The molecule has 1 aromatic carbocycles. The number of aryl methyl sites for hydroxylation is 3. The molecule has 0 fully saturated rings. The summed E-state index contributed by atoms with van der Waals surface area (Å²) in [7, 11) is 0. The van der Waals surface area contributed by atoms with Crippen LogP contribution in [0, 0.1) is 20.8 Å². The number of aromatic nitrogens is 5. The van der Waals surface area contributed by atoms with Crippen LogP contribution >= 0.6 is 0 Å². The third-order valence-electron chi connectivity index (χ3n) is 3.21. The summed E-state index contributed by atoms with van der Waals surface area (Å²) < 4.78 is 1.84. The molecule has 0 aliphatic heterocycles. The molecule has 0 saturated carbocycles. The molecule has 0 radical (unpaired) electrons. The van der Waals surface area contributed by atoms with Crippen LogP contribution in [-0.4, -0.2) is 30.9 Å². The van der Waals surface area contributed by atoms with E-state index in [0.717, 1.165) is 17.1 Å². The van der Waals surface area contributed by atoms with Gasteiger partial charge >= 0.3 is 0 Å². The van der Waals surface area contributed by atoms with Crippen molar-refractivity contribution in [3.63, 3.8) is 0 Å². The lowest BCUT2D eigenvalue weighted by Gasteiger charge is -2.06. The number of carbonyl (C=O) groups excluding carboxylic acids is 1. The third kappa shape index (κ3) is 2.73. The molecule has 0 saturated heterocycles. The van der Waals surface area contributed by atoms with E-state index in [1.807, 2.05) is 36.7 Å². The molecule has 0 aliphatic rings. The van der Waals surface area contributed by atoms with E-state index in [9.17, 15) is 4.79 Å². The van der Waals surface area contributed by atoms with E-state index in [-0.39, 0.29) is 11.9 Å². The SMILES string of the molecule is Cc1cc(C)n(-c2ccc(C(=O)Nc3n[nH]c(C)n3)cc2)n1. The molecule has 2 heterocycles. The molecule has 3 rings (SSSR count). The molecule has 1 amide bonds. The van der Waals surface area contributed by atoms with Crippen molar-refractivity contribution in [2.24, 2.45) is 0 Å². The summed E-state index contributed by atoms with van der Waals surface area (Å²) in [6, 6.07) is 9.22. The monoisotopic (exact) mass is 296 g/mol.